The van der Waals surface area contributed by atoms with Crippen molar-refractivity contribution < 1.29 is 27.5 Å². The van der Waals surface area contributed by atoms with Crippen molar-refractivity contribution in [1.82, 2.24) is 15.5 Å². The maximum absolute atomic E-state index is 14.1. The van der Waals surface area contributed by atoms with Crippen molar-refractivity contribution in [1.29, 1.82) is 0 Å². The molecule has 11 heteroatoms. The highest BCUT2D eigenvalue weighted by Crippen LogP contribution is 2.32. The van der Waals surface area contributed by atoms with Crippen LogP contribution < -0.4 is 20.3 Å². The maximum atomic E-state index is 14.1. The van der Waals surface area contributed by atoms with Crippen LogP contribution in [0.25, 0.3) is 0 Å². The molecule has 0 spiro atoms. The molecule has 2 amide bonds. The molecule has 0 unspecified atom stereocenters. The molecule has 1 atom stereocenters. The fraction of sp³-hybridized carbons (Fsp3) is 0.412. The lowest BCUT2D eigenvalue weighted by Crippen LogP contribution is -2.61. The highest BCUT2D eigenvalue weighted by molar-refractivity contribution is 6.31. The molecule has 45 heavy (non-hydrogen) atoms. The summed E-state index contributed by atoms with van der Waals surface area (Å²) in [7, 11) is 0. The van der Waals surface area contributed by atoms with Gasteiger partial charge in [0, 0.05) is 29.8 Å². The molecule has 2 fully saturated rings. The molecular formula is C34H38ClF3N4O3. The van der Waals surface area contributed by atoms with Crippen molar-refractivity contribution >= 4 is 29.1 Å². The first kappa shape index (κ1) is 32.8. The Balaban J connectivity index is 1.24. The number of aryl methyl sites for hydroxylation is 1. The van der Waals surface area contributed by atoms with Gasteiger partial charge in [-0.1, -0.05) is 42.8 Å². The van der Waals surface area contributed by atoms with Gasteiger partial charge < -0.3 is 20.3 Å². The van der Waals surface area contributed by atoms with Crippen LogP contribution in [0.3, 0.4) is 0 Å². The molecule has 1 saturated carbocycles. The van der Waals surface area contributed by atoms with Crippen LogP contribution in [-0.2, 0) is 29.0 Å². The van der Waals surface area contributed by atoms with Gasteiger partial charge >= 0.3 is 0 Å². The Morgan fingerprint density at radius 3 is 2.51 bits per heavy atom. The second-order valence-electron chi connectivity index (χ2n) is 11.4. The van der Waals surface area contributed by atoms with Crippen LogP contribution in [0, 0.1) is 17.5 Å². The fourth-order valence-corrected chi connectivity index (χ4v) is 5.74. The van der Waals surface area contributed by atoms with Crippen molar-refractivity contribution in [3.8, 4) is 5.75 Å². The van der Waals surface area contributed by atoms with Crippen LogP contribution in [0.15, 0.2) is 54.6 Å². The predicted molar refractivity (Wildman–Crippen MR) is 168 cm³/mol. The number of halogens is 4. The zero-order valence-corrected chi connectivity index (χ0v) is 26.0. The number of carbonyl (C=O) groups is 2. The number of nitrogens with one attached hydrogen (secondary N) is 2. The molecule has 2 aliphatic rings. The molecule has 1 saturated heterocycles. The van der Waals surface area contributed by atoms with E-state index in [2.05, 4.69) is 23.6 Å². The van der Waals surface area contributed by atoms with E-state index in [1.807, 2.05) is 29.2 Å². The summed E-state index contributed by atoms with van der Waals surface area (Å²) in [6, 6.07) is 14.2. The fourth-order valence-electron chi connectivity index (χ4n) is 5.56. The number of ether oxygens (including phenoxy) is 1. The minimum Gasteiger partial charge on any atom is -0.488 e. The van der Waals surface area contributed by atoms with Crippen LogP contribution in [0.5, 0.6) is 5.75 Å². The molecular weight excluding hydrogens is 605 g/mol. The smallest absolute Gasteiger partial charge is 0.247 e. The van der Waals surface area contributed by atoms with Gasteiger partial charge in [-0.2, -0.15) is 4.39 Å². The maximum Gasteiger partial charge on any atom is 0.247 e. The van der Waals surface area contributed by atoms with E-state index in [0.29, 0.717) is 42.7 Å². The third-order valence-corrected chi connectivity index (χ3v) is 8.48. The molecule has 0 radical (unpaired) electrons. The Bertz CT molecular complexity index is 1500. The van der Waals surface area contributed by atoms with E-state index < -0.39 is 29.2 Å². The van der Waals surface area contributed by atoms with Crippen LogP contribution in [-0.4, -0.2) is 61.6 Å². The van der Waals surface area contributed by atoms with Gasteiger partial charge in [-0.05, 0) is 92.2 Å². The standard InChI is InChI=1S/C34H38ClF3N4O3/c1-2-39-16-15-23-7-12-27(35)24(18-23)21-41(25-10-11-25)34(44)30-19-40-20-31(43)42(30)26-8-5-22(6-9-26)4-3-17-45-33-29(37)14-13-28(36)32(33)38/h5-9,12-14,18,25,30,39-40H,2-4,10-11,15-17,19-21H2,1H3/t30-/m1/s1. The molecule has 0 aromatic heterocycles. The van der Waals surface area contributed by atoms with Gasteiger partial charge in [0.2, 0.25) is 17.6 Å². The molecule has 5 rings (SSSR count). The highest BCUT2D eigenvalue weighted by atomic mass is 35.5. The first-order chi connectivity index (χ1) is 21.8. The van der Waals surface area contributed by atoms with E-state index in [9.17, 15) is 22.8 Å². The summed E-state index contributed by atoms with van der Waals surface area (Å²) in [6.45, 7) is 4.64. The minimum absolute atomic E-state index is 0.00848. The Morgan fingerprint density at radius 1 is 1.04 bits per heavy atom. The molecule has 1 aliphatic heterocycles. The van der Waals surface area contributed by atoms with Gasteiger partial charge in [-0.3, -0.25) is 14.5 Å². The number of carbonyl (C=O) groups excluding carboxylic acids is 2. The third-order valence-electron chi connectivity index (χ3n) is 8.11. The van der Waals surface area contributed by atoms with Crippen LogP contribution in [0.2, 0.25) is 5.02 Å². The highest BCUT2D eigenvalue weighted by Gasteiger charge is 2.41. The van der Waals surface area contributed by atoms with Crippen LogP contribution >= 0.6 is 11.6 Å². The third kappa shape index (κ3) is 8.17. The van der Waals surface area contributed by atoms with E-state index in [4.69, 9.17) is 16.3 Å². The average molecular weight is 643 g/mol. The summed E-state index contributed by atoms with van der Waals surface area (Å²) in [5, 5.41) is 7.04. The minimum atomic E-state index is -1.35. The molecule has 3 aromatic rings. The molecule has 0 bridgehead atoms. The van der Waals surface area contributed by atoms with Crippen molar-refractivity contribution in [2.75, 3.05) is 37.7 Å². The summed E-state index contributed by atoms with van der Waals surface area (Å²) >= 11 is 6.59. The molecule has 3 aromatic carbocycles. The molecule has 1 heterocycles. The zero-order valence-electron chi connectivity index (χ0n) is 25.3. The average Bonchev–Trinajstić information content (AvgIpc) is 3.88. The Hall–Kier alpha value is -3.60. The number of hydrogen-bond donors (Lipinski definition) is 2. The Morgan fingerprint density at radius 2 is 1.78 bits per heavy atom. The lowest BCUT2D eigenvalue weighted by atomic mass is 10.0. The normalized spacial score (nSPS) is 16.6. The van der Waals surface area contributed by atoms with Gasteiger partial charge in [0.05, 0.1) is 13.2 Å². The largest absolute Gasteiger partial charge is 0.488 e. The first-order valence-electron chi connectivity index (χ1n) is 15.4. The van der Waals surface area contributed by atoms with Gasteiger partial charge in [0.25, 0.3) is 0 Å². The Kier molecular flexibility index (Phi) is 11.0. The molecule has 7 nitrogen and oxygen atoms in total. The van der Waals surface area contributed by atoms with E-state index in [0.717, 1.165) is 55.1 Å². The van der Waals surface area contributed by atoms with E-state index in [1.54, 1.807) is 17.0 Å². The van der Waals surface area contributed by atoms with Crippen molar-refractivity contribution in [2.24, 2.45) is 0 Å². The van der Waals surface area contributed by atoms with Gasteiger partial charge in [0.1, 0.15) is 6.04 Å². The van der Waals surface area contributed by atoms with Gasteiger partial charge in [-0.15, -0.1) is 0 Å². The monoisotopic (exact) mass is 642 g/mol. The quantitative estimate of drug-likeness (QED) is 0.182. The van der Waals surface area contributed by atoms with Crippen LogP contribution in [0.4, 0.5) is 18.9 Å². The zero-order chi connectivity index (χ0) is 31.9. The van der Waals surface area contributed by atoms with Gasteiger partial charge in [-0.25, -0.2) is 8.78 Å². The summed E-state index contributed by atoms with van der Waals surface area (Å²) in [5.41, 5.74) is 3.57. The van der Waals surface area contributed by atoms with Crippen LogP contribution in [0.1, 0.15) is 42.9 Å². The topological polar surface area (TPSA) is 73.9 Å². The van der Waals surface area contributed by atoms with Crippen molar-refractivity contribution in [3.63, 3.8) is 0 Å². The molecule has 2 N–H and O–H groups in total. The summed E-state index contributed by atoms with van der Waals surface area (Å²) in [6.07, 6.45) is 3.64. The number of amides is 2. The second-order valence-corrected chi connectivity index (χ2v) is 11.8. The summed E-state index contributed by atoms with van der Waals surface area (Å²) < 4.78 is 46.2. The van der Waals surface area contributed by atoms with Crippen molar-refractivity contribution in [3.05, 3.63) is 93.8 Å². The van der Waals surface area contributed by atoms with E-state index >= 15 is 0 Å². The predicted octanol–water partition coefficient (Wildman–Crippen LogP) is 5.42. The number of anilines is 1. The summed E-state index contributed by atoms with van der Waals surface area (Å²) in [5.74, 6) is -4.52. The lowest BCUT2D eigenvalue weighted by molar-refractivity contribution is -0.136. The number of rotatable bonds is 14. The lowest BCUT2D eigenvalue weighted by Gasteiger charge is -2.38. The number of likely N-dealkylation sites (N-methyl/N-ethyl adjacent to an activating group) is 1. The number of benzene rings is 3. The number of piperazine rings is 1. The Labute approximate surface area is 266 Å². The van der Waals surface area contributed by atoms with Crippen molar-refractivity contribution in [2.45, 2.75) is 57.7 Å². The number of nitrogens with zero attached hydrogens (tertiary/aromatic N) is 2. The van der Waals surface area contributed by atoms with Gasteiger partial charge in [0.15, 0.2) is 17.4 Å². The molecule has 240 valence electrons. The second kappa shape index (κ2) is 15.1. The first-order valence-corrected chi connectivity index (χ1v) is 15.8. The van der Waals surface area contributed by atoms with E-state index in [-0.39, 0.29) is 31.0 Å². The van der Waals surface area contributed by atoms with E-state index in [1.165, 1.54) is 0 Å². The SMILES string of the molecule is CCNCCc1ccc(Cl)c(CN(C(=O)[C@H]2CNCC(=O)N2c2ccc(CCCOc3c(F)ccc(F)c3F)cc2)C2CC2)c1. The molecule has 1 aliphatic carbocycles. The number of hydrogen-bond acceptors (Lipinski definition) is 5. The summed E-state index contributed by atoms with van der Waals surface area (Å²) in [4.78, 5) is 30.7.